The summed E-state index contributed by atoms with van der Waals surface area (Å²) >= 11 is 0. The van der Waals surface area contributed by atoms with Gasteiger partial charge in [-0.05, 0) is 6.92 Å². The van der Waals surface area contributed by atoms with Crippen molar-refractivity contribution < 1.29 is 4.79 Å². The summed E-state index contributed by atoms with van der Waals surface area (Å²) in [5.74, 6) is 0.121. The van der Waals surface area contributed by atoms with Gasteiger partial charge in [0.15, 0.2) is 5.78 Å². The maximum Gasteiger partial charge on any atom is 0.159 e. The summed E-state index contributed by atoms with van der Waals surface area (Å²) in [6.45, 7) is 5.56. The Bertz CT molecular complexity index is 201. The maximum atomic E-state index is 10.6. The summed E-state index contributed by atoms with van der Waals surface area (Å²) in [5, 5.41) is 0. The molecule has 60 valence electrons. The van der Waals surface area contributed by atoms with Gasteiger partial charge >= 0.3 is 0 Å². The van der Waals surface area contributed by atoms with Crippen LogP contribution in [0.1, 0.15) is 31.1 Å². The minimum Gasteiger partial charge on any atom is -0.295 e. The highest BCUT2D eigenvalue weighted by Gasteiger charge is 1.92. The van der Waals surface area contributed by atoms with Crippen molar-refractivity contribution in [2.75, 3.05) is 0 Å². The average molecular weight is 150 g/mol. The first kappa shape index (κ1) is 9.89. The number of benzene rings is 1. The summed E-state index contributed by atoms with van der Waals surface area (Å²) < 4.78 is 0. The fraction of sp³-hybridized carbons (Fsp3) is 0.300. The zero-order chi connectivity index (χ0) is 8.69. The number of rotatable bonds is 1. The smallest absolute Gasteiger partial charge is 0.159 e. The molecule has 0 fully saturated rings. The van der Waals surface area contributed by atoms with Crippen molar-refractivity contribution in [2.24, 2.45) is 0 Å². The molecule has 0 unspecified atom stereocenters. The quantitative estimate of drug-likeness (QED) is 0.562. The van der Waals surface area contributed by atoms with Crippen LogP contribution in [0.3, 0.4) is 0 Å². The molecule has 1 rings (SSSR count). The number of hydrogen-bond donors (Lipinski definition) is 0. The van der Waals surface area contributed by atoms with E-state index in [1.165, 1.54) is 0 Å². The third-order valence-electron chi connectivity index (χ3n) is 1.18. The van der Waals surface area contributed by atoms with Gasteiger partial charge in [-0.15, -0.1) is 0 Å². The van der Waals surface area contributed by atoms with Crippen LogP contribution >= 0.6 is 0 Å². The summed E-state index contributed by atoms with van der Waals surface area (Å²) in [4.78, 5) is 10.6. The lowest BCUT2D eigenvalue weighted by molar-refractivity contribution is 0.101. The van der Waals surface area contributed by atoms with E-state index >= 15 is 0 Å². The van der Waals surface area contributed by atoms with Gasteiger partial charge in [-0.1, -0.05) is 44.2 Å². The number of carbonyl (C=O) groups excluding carboxylic acids is 1. The Morgan fingerprint density at radius 2 is 1.55 bits per heavy atom. The van der Waals surface area contributed by atoms with Crippen molar-refractivity contribution in [3.63, 3.8) is 0 Å². The SMILES string of the molecule is CC.CC(=O)c1ccccc1. The topological polar surface area (TPSA) is 17.1 Å². The fourth-order valence-electron chi connectivity index (χ4n) is 0.673. The summed E-state index contributed by atoms with van der Waals surface area (Å²) in [6.07, 6.45) is 0. The van der Waals surface area contributed by atoms with E-state index in [2.05, 4.69) is 0 Å². The number of hydrogen-bond acceptors (Lipinski definition) is 1. The molecule has 0 N–H and O–H groups in total. The first-order valence-corrected chi connectivity index (χ1v) is 3.86. The lowest BCUT2D eigenvalue weighted by Crippen LogP contribution is -1.88. The first-order valence-electron chi connectivity index (χ1n) is 3.86. The molecule has 0 bridgehead atoms. The van der Waals surface area contributed by atoms with Gasteiger partial charge in [0.2, 0.25) is 0 Å². The van der Waals surface area contributed by atoms with Crippen molar-refractivity contribution in [3.05, 3.63) is 35.9 Å². The van der Waals surface area contributed by atoms with Crippen LogP contribution < -0.4 is 0 Å². The Morgan fingerprint density at radius 3 is 1.82 bits per heavy atom. The van der Waals surface area contributed by atoms with E-state index in [0.717, 1.165) is 5.56 Å². The van der Waals surface area contributed by atoms with Crippen LogP contribution in [0.25, 0.3) is 0 Å². The van der Waals surface area contributed by atoms with Gasteiger partial charge in [-0.25, -0.2) is 0 Å². The number of Topliss-reactive ketones (excluding diaryl/α,β-unsaturated/α-hetero) is 1. The fourth-order valence-corrected chi connectivity index (χ4v) is 0.673. The summed E-state index contributed by atoms with van der Waals surface area (Å²) in [5.41, 5.74) is 0.775. The Morgan fingerprint density at radius 1 is 1.09 bits per heavy atom. The molecule has 0 radical (unpaired) electrons. The van der Waals surface area contributed by atoms with Gasteiger partial charge in [0.05, 0.1) is 0 Å². The van der Waals surface area contributed by atoms with Crippen molar-refractivity contribution in [1.29, 1.82) is 0 Å². The second-order valence-electron chi connectivity index (χ2n) is 1.92. The highest BCUT2D eigenvalue weighted by Crippen LogP contribution is 1.97. The van der Waals surface area contributed by atoms with Gasteiger partial charge in [0.1, 0.15) is 0 Å². The van der Waals surface area contributed by atoms with E-state index < -0.39 is 0 Å². The van der Waals surface area contributed by atoms with Crippen molar-refractivity contribution in [3.8, 4) is 0 Å². The average Bonchev–Trinajstić information content (AvgIpc) is 2.10. The van der Waals surface area contributed by atoms with Gasteiger partial charge in [-0.3, -0.25) is 4.79 Å². The minimum absolute atomic E-state index is 0.121. The molecule has 1 nitrogen and oxygen atoms in total. The van der Waals surface area contributed by atoms with Crippen LogP contribution in [0.4, 0.5) is 0 Å². The molecule has 0 amide bonds. The number of carbonyl (C=O) groups is 1. The molecular formula is C10H14O. The molecule has 0 aliphatic carbocycles. The monoisotopic (exact) mass is 150 g/mol. The highest BCUT2D eigenvalue weighted by molar-refractivity contribution is 5.93. The largest absolute Gasteiger partial charge is 0.295 e. The van der Waals surface area contributed by atoms with Crippen molar-refractivity contribution in [2.45, 2.75) is 20.8 Å². The lowest BCUT2D eigenvalue weighted by atomic mass is 10.2. The molecule has 1 heteroatoms. The van der Waals surface area contributed by atoms with E-state index in [0.29, 0.717) is 0 Å². The Labute approximate surface area is 68.1 Å². The lowest BCUT2D eigenvalue weighted by Gasteiger charge is -1.89. The second-order valence-corrected chi connectivity index (χ2v) is 1.92. The Balaban J connectivity index is 0.000000461. The van der Waals surface area contributed by atoms with Crippen LogP contribution in [0.2, 0.25) is 0 Å². The predicted octanol–water partition coefficient (Wildman–Crippen LogP) is 2.92. The third-order valence-corrected chi connectivity index (χ3v) is 1.18. The van der Waals surface area contributed by atoms with Crippen LogP contribution in [-0.4, -0.2) is 5.78 Å². The zero-order valence-corrected chi connectivity index (χ0v) is 7.29. The van der Waals surface area contributed by atoms with Crippen molar-refractivity contribution >= 4 is 5.78 Å². The predicted molar refractivity (Wildman–Crippen MR) is 47.8 cm³/mol. The second kappa shape index (κ2) is 5.66. The van der Waals surface area contributed by atoms with Crippen LogP contribution in [0, 0.1) is 0 Å². The first-order chi connectivity index (χ1) is 5.30. The van der Waals surface area contributed by atoms with E-state index in [1.807, 2.05) is 44.2 Å². The van der Waals surface area contributed by atoms with Gasteiger partial charge in [0.25, 0.3) is 0 Å². The van der Waals surface area contributed by atoms with Gasteiger partial charge < -0.3 is 0 Å². The van der Waals surface area contributed by atoms with E-state index in [-0.39, 0.29) is 5.78 Å². The third kappa shape index (κ3) is 3.56. The minimum atomic E-state index is 0.121. The molecule has 0 aliphatic rings. The van der Waals surface area contributed by atoms with Crippen LogP contribution in [0.15, 0.2) is 30.3 Å². The standard InChI is InChI=1S/C8H8O.C2H6/c1-7(9)8-5-3-2-4-6-8;1-2/h2-6H,1H3;1-2H3. The number of ketones is 1. The zero-order valence-electron chi connectivity index (χ0n) is 7.29. The molecule has 0 aromatic heterocycles. The van der Waals surface area contributed by atoms with Gasteiger partial charge in [0, 0.05) is 5.56 Å². The molecule has 0 heterocycles. The summed E-state index contributed by atoms with van der Waals surface area (Å²) in [6, 6.07) is 9.23. The molecule has 0 saturated carbocycles. The molecule has 1 aromatic rings. The molecule has 0 atom stereocenters. The molecule has 0 spiro atoms. The van der Waals surface area contributed by atoms with Crippen LogP contribution in [-0.2, 0) is 0 Å². The maximum absolute atomic E-state index is 10.6. The van der Waals surface area contributed by atoms with Gasteiger partial charge in [-0.2, -0.15) is 0 Å². The normalized spacial score (nSPS) is 7.91. The highest BCUT2D eigenvalue weighted by atomic mass is 16.1. The van der Waals surface area contributed by atoms with Crippen LogP contribution in [0.5, 0.6) is 0 Å². The molecule has 0 saturated heterocycles. The molecule has 1 aromatic carbocycles. The Hall–Kier alpha value is -1.11. The Kier molecular flexibility index (Phi) is 5.09. The molecule has 0 aliphatic heterocycles. The summed E-state index contributed by atoms with van der Waals surface area (Å²) in [7, 11) is 0. The van der Waals surface area contributed by atoms with Crippen molar-refractivity contribution in [1.82, 2.24) is 0 Å². The van der Waals surface area contributed by atoms with E-state index in [4.69, 9.17) is 0 Å². The molecule has 11 heavy (non-hydrogen) atoms. The molecular weight excluding hydrogens is 136 g/mol. The van der Waals surface area contributed by atoms with E-state index in [9.17, 15) is 4.79 Å². The van der Waals surface area contributed by atoms with E-state index in [1.54, 1.807) is 6.92 Å².